The summed E-state index contributed by atoms with van der Waals surface area (Å²) in [5.74, 6) is 1.52. The van der Waals surface area contributed by atoms with Gasteiger partial charge < -0.3 is 9.29 Å². The molecule has 1 aromatic carbocycles. The van der Waals surface area contributed by atoms with Crippen LogP contribution in [-0.2, 0) is 11.2 Å². The molecule has 0 amide bonds. The summed E-state index contributed by atoms with van der Waals surface area (Å²) in [4.78, 5) is 0.885. The molecule has 0 fully saturated rings. The zero-order valence-corrected chi connectivity index (χ0v) is 11.3. The van der Waals surface area contributed by atoms with Crippen molar-refractivity contribution in [3.63, 3.8) is 0 Å². The lowest BCUT2D eigenvalue weighted by Crippen LogP contribution is -2.03. The highest BCUT2D eigenvalue weighted by atomic mass is 32.2. The van der Waals surface area contributed by atoms with Crippen molar-refractivity contribution in [3.05, 3.63) is 23.8 Å². The molecule has 0 N–H and O–H groups in total. The Hall–Kier alpha value is -0.670. The van der Waals surface area contributed by atoms with E-state index in [4.69, 9.17) is 4.74 Å². The molecule has 1 unspecified atom stereocenters. The van der Waals surface area contributed by atoms with Crippen molar-refractivity contribution in [2.75, 3.05) is 12.9 Å². The SMILES string of the molecule is Cc1cc(OCCC(C)C)ccc1[S+](C)[O-]. The first kappa shape index (κ1) is 13.4. The van der Waals surface area contributed by atoms with E-state index >= 15 is 0 Å². The fourth-order valence-corrected chi connectivity index (χ4v) is 2.22. The maximum absolute atomic E-state index is 11.4. The van der Waals surface area contributed by atoms with E-state index in [0.29, 0.717) is 5.92 Å². The Morgan fingerprint density at radius 3 is 2.56 bits per heavy atom. The van der Waals surface area contributed by atoms with Gasteiger partial charge >= 0.3 is 0 Å². The van der Waals surface area contributed by atoms with Gasteiger partial charge in [-0.05, 0) is 48.6 Å². The first-order chi connectivity index (χ1) is 7.50. The minimum Gasteiger partial charge on any atom is -0.612 e. The quantitative estimate of drug-likeness (QED) is 0.740. The van der Waals surface area contributed by atoms with E-state index in [1.807, 2.05) is 25.1 Å². The molecule has 0 aliphatic rings. The predicted molar refractivity (Wildman–Crippen MR) is 68.5 cm³/mol. The van der Waals surface area contributed by atoms with Gasteiger partial charge in [-0.2, -0.15) is 0 Å². The van der Waals surface area contributed by atoms with Gasteiger partial charge in [-0.15, -0.1) is 0 Å². The first-order valence-electron chi connectivity index (χ1n) is 5.57. The highest BCUT2D eigenvalue weighted by Crippen LogP contribution is 2.21. The molecule has 2 nitrogen and oxygen atoms in total. The Kier molecular flexibility index (Phi) is 5.16. The van der Waals surface area contributed by atoms with E-state index in [2.05, 4.69) is 13.8 Å². The van der Waals surface area contributed by atoms with E-state index in [0.717, 1.165) is 29.2 Å². The third-order valence-electron chi connectivity index (χ3n) is 2.42. The molecule has 1 rings (SSSR count). The van der Waals surface area contributed by atoms with Gasteiger partial charge in [0.25, 0.3) is 0 Å². The number of hydrogen-bond donors (Lipinski definition) is 0. The Morgan fingerprint density at radius 2 is 2.06 bits per heavy atom. The summed E-state index contributed by atoms with van der Waals surface area (Å²) in [6.07, 6.45) is 2.75. The molecule has 1 aromatic rings. The van der Waals surface area contributed by atoms with Crippen LogP contribution in [0.4, 0.5) is 0 Å². The topological polar surface area (TPSA) is 32.3 Å². The third kappa shape index (κ3) is 4.06. The van der Waals surface area contributed by atoms with E-state index in [9.17, 15) is 4.55 Å². The van der Waals surface area contributed by atoms with Crippen molar-refractivity contribution >= 4 is 11.2 Å². The monoisotopic (exact) mass is 240 g/mol. The van der Waals surface area contributed by atoms with Crippen molar-refractivity contribution in [1.82, 2.24) is 0 Å². The number of benzene rings is 1. The van der Waals surface area contributed by atoms with Crippen LogP contribution in [0.3, 0.4) is 0 Å². The van der Waals surface area contributed by atoms with Crippen molar-refractivity contribution in [1.29, 1.82) is 0 Å². The predicted octanol–water partition coefficient (Wildman–Crippen LogP) is 3.16. The summed E-state index contributed by atoms with van der Waals surface area (Å²) >= 11 is -0.917. The lowest BCUT2D eigenvalue weighted by atomic mass is 10.1. The van der Waals surface area contributed by atoms with Crippen LogP contribution in [0.25, 0.3) is 0 Å². The summed E-state index contributed by atoms with van der Waals surface area (Å²) in [5, 5.41) is 0. The van der Waals surface area contributed by atoms with Crippen LogP contribution in [0.1, 0.15) is 25.8 Å². The maximum Gasteiger partial charge on any atom is 0.155 e. The van der Waals surface area contributed by atoms with Gasteiger partial charge in [-0.3, -0.25) is 0 Å². The summed E-state index contributed by atoms with van der Waals surface area (Å²) < 4.78 is 17.0. The van der Waals surface area contributed by atoms with Crippen LogP contribution >= 0.6 is 0 Å². The van der Waals surface area contributed by atoms with Crippen LogP contribution in [0.15, 0.2) is 23.1 Å². The number of hydrogen-bond acceptors (Lipinski definition) is 2. The standard InChI is InChI=1S/C13H20O2S/c1-10(2)7-8-15-12-5-6-13(16(4)14)11(3)9-12/h5-6,9-10H,7-8H2,1-4H3. The summed E-state index contributed by atoms with van der Waals surface area (Å²) in [7, 11) is 0. The molecule has 0 aliphatic heterocycles. The highest BCUT2D eigenvalue weighted by molar-refractivity contribution is 7.90. The zero-order chi connectivity index (χ0) is 12.1. The van der Waals surface area contributed by atoms with Crippen molar-refractivity contribution in [2.24, 2.45) is 5.92 Å². The van der Waals surface area contributed by atoms with E-state index in [1.165, 1.54) is 0 Å². The minimum absolute atomic E-state index is 0.656. The summed E-state index contributed by atoms with van der Waals surface area (Å²) in [5.41, 5.74) is 1.03. The molecular weight excluding hydrogens is 220 g/mol. The smallest absolute Gasteiger partial charge is 0.155 e. The van der Waals surface area contributed by atoms with Crippen LogP contribution in [-0.4, -0.2) is 17.4 Å². The molecule has 0 aliphatic carbocycles. The lowest BCUT2D eigenvalue weighted by molar-refractivity contribution is 0.289. The summed E-state index contributed by atoms with van der Waals surface area (Å²) in [6.45, 7) is 7.06. The Bertz CT molecular complexity index is 335. The molecule has 90 valence electrons. The molecule has 1 atom stereocenters. The summed E-state index contributed by atoms with van der Waals surface area (Å²) in [6, 6.07) is 5.73. The maximum atomic E-state index is 11.4. The molecule has 0 spiro atoms. The zero-order valence-electron chi connectivity index (χ0n) is 10.4. The van der Waals surface area contributed by atoms with Gasteiger partial charge in [0.05, 0.1) is 6.61 Å². The van der Waals surface area contributed by atoms with Crippen molar-refractivity contribution in [2.45, 2.75) is 32.1 Å². The Labute approximate surface area is 101 Å². The fraction of sp³-hybridized carbons (Fsp3) is 0.538. The van der Waals surface area contributed by atoms with E-state index in [-0.39, 0.29) is 0 Å². The number of aryl methyl sites for hydroxylation is 1. The Balaban J connectivity index is 2.59. The largest absolute Gasteiger partial charge is 0.612 e. The van der Waals surface area contributed by atoms with Crippen molar-refractivity contribution in [3.8, 4) is 5.75 Å². The molecule has 0 saturated carbocycles. The fourth-order valence-electron chi connectivity index (χ4n) is 1.45. The van der Waals surface area contributed by atoms with E-state index < -0.39 is 11.2 Å². The third-order valence-corrected chi connectivity index (χ3v) is 3.50. The van der Waals surface area contributed by atoms with Crippen molar-refractivity contribution < 1.29 is 9.29 Å². The van der Waals surface area contributed by atoms with Crippen LogP contribution in [0.5, 0.6) is 5.75 Å². The molecule has 3 heteroatoms. The second-order valence-electron chi connectivity index (χ2n) is 4.41. The molecule has 16 heavy (non-hydrogen) atoms. The molecule has 0 aromatic heterocycles. The second kappa shape index (κ2) is 6.16. The molecular formula is C13H20O2S. The van der Waals surface area contributed by atoms with E-state index in [1.54, 1.807) is 6.26 Å². The average molecular weight is 240 g/mol. The van der Waals surface area contributed by atoms with Crippen LogP contribution in [0.2, 0.25) is 0 Å². The molecule has 0 bridgehead atoms. The average Bonchev–Trinajstić information content (AvgIpc) is 2.16. The van der Waals surface area contributed by atoms with Crippen LogP contribution < -0.4 is 4.74 Å². The van der Waals surface area contributed by atoms with Gasteiger partial charge in [-0.25, -0.2) is 0 Å². The lowest BCUT2D eigenvalue weighted by Gasteiger charge is -2.11. The molecule has 0 radical (unpaired) electrons. The molecule has 0 heterocycles. The number of ether oxygens (including phenoxy) is 1. The number of rotatable bonds is 5. The van der Waals surface area contributed by atoms with Gasteiger partial charge in [0, 0.05) is 5.56 Å². The highest BCUT2D eigenvalue weighted by Gasteiger charge is 2.09. The normalized spacial score (nSPS) is 12.9. The van der Waals surface area contributed by atoms with Gasteiger partial charge in [0.2, 0.25) is 0 Å². The second-order valence-corrected chi connectivity index (χ2v) is 5.76. The van der Waals surface area contributed by atoms with Gasteiger partial charge in [0.1, 0.15) is 12.0 Å². The van der Waals surface area contributed by atoms with Gasteiger partial charge in [-0.1, -0.05) is 13.8 Å². The van der Waals surface area contributed by atoms with Gasteiger partial charge in [0.15, 0.2) is 4.90 Å². The minimum atomic E-state index is -0.917. The van der Waals surface area contributed by atoms with Crippen LogP contribution in [0, 0.1) is 12.8 Å². The molecule has 0 saturated heterocycles. The Morgan fingerprint density at radius 1 is 1.38 bits per heavy atom. The first-order valence-corrected chi connectivity index (χ1v) is 7.13.